The van der Waals surface area contributed by atoms with Crippen LogP contribution in [0.25, 0.3) is 22.4 Å². The van der Waals surface area contributed by atoms with E-state index in [1.165, 1.54) is 19.2 Å². The number of nitrogens with zero attached hydrogens (tertiary/aromatic N) is 2. The first kappa shape index (κ1) is 32.4. The van der Waals surface area contributed by atoms with Gasteiger partial charge in [0.15, 0.2) is 6.61 Å². The summed E-state index contributed by atoms with van der Waals surface area (Å²) in [4.78, 5) is 41.8. The molecule has 0 radical (unpaired) electrons. The summed E-state index contributed by atoms with van der Waals surface area (Å²) in [5.74, 6) is -0.471. The number of aromatic amines is 1. The molecule has 11 nitrogen and oxygen atoms in total. The number of hydrogen-bond donors (Lipinski definition) is 3. The maximum atomic E-state index is 15.3. The first-order valence-electron chi connectivity index (χ1n) is 16.2. The highest BCUT2D eigenvalue weighted by molar-refractivity contribution is 5.97. The Morgan fingerprint density at radius 2 is 1.76 bits per heavy atom. The number of likely N-dealkylation sites (tertiary alicyclic amines) is 1. The van der Waals surface area contributed by atoms with Crippen LogP contribution in [0, 0.1) is 5.82 Å². The molecule has 4 aromatic carbocycles. The van der Waals surface area contributed by atoms with Crippen LogP contribution in [0.5, 0.6) is 17.2 Å². The smallest absolute Gasteiger partial charge is 0.258 e. The quantitative estimate of drug-likeness (QED) is 0.245. The first-order valence-corrected chi connectivity index (χ1v) is 16.2. The van der Waals surface area contributed by atoms with Crippen molar-refractivity contribution >= 4 is 17.7 Å². The van der Waals surface area contributed by atoms with Crippen molar-refractivity contribution < 1.29 is 33.0 Å². The van der Waals surface area contributed by atoms with Crippen molar-refractivity contribution in [3.05, 3.63) is 120 Å². The maximum Gasteiger partial charge on any atom is 0.258 e. The molecule has 0 saturated carbocycles. The topological polar surface area (TPSA) is 135 Å². The average molecular weight is 676 g/mol. The van der Waals surface area contributed by atoms with Gasteiger partial charge >= 0.3 is 0 Å². The molecule has 8 rings (SSSR count). The van der Waals surface area contributed by atoms with Crippen molar-refractivity contribution in [2.24, 2.45) is 0 Å². The van der Waals surface area contributed by atoms with Gasteiger partial charge in [-0.3, -0.25) is 19.5 Å². The van der Waals surface area contributed by atoms with Gasteiger partial charge in [0, 0.05) is 49.4 Å². The van der Waals surface area contributed by atoms with Crippen LogP contribution in [0.3, 0.4) is 0 Å². The number of carbonyl (C=O) groups excluding carboxylic acids is 3. The van der Waals surface area contributed by atoms with E-state index in [0.717, 1.165) is 16.8 Å². The fraction of sp³-hybridized carbons (Fsp3) is 0.211. The zero-order valence-electron chi connectivity index (χ0n) is 27.1. The molecular weight excluding hydrogens is 641 g/mol. The van der Waals surface area contributed by atoms with Gasteiger partial charge in [0.2, 0.25) is 0 Å². The van der Waals surface area contributed by atoms with Gasteiger partial charge in [-0.05, 0) is 71.3 Å². The highest BCUT2D eigenvalue weighted by atomic mass is 19.1. The summed E-state index contributed by atoms with van der Waals surface area (Å²) in [5, 5.41) is 12.7. The van der Waals surface area contributed by atoms with E-state index in [0.29, 0.717) is 46.9 Å². The van der Waals surface area contributed by atoms with Gasteiger partial charge in [0.25, 0.3) is 17.7 Å². The number of ether oxygens (including phenoxy) is 3. The van der Waals surface area contributed by atoms with Gasteiger partial charge in [0.05, 0.1) is 24.4 Å². The van der Waals surface area contributed by atoms with Gasteiger partial charge in [-0.1, -0.05) is 30.3 Å². The molecule has 0 spiro atoms. The van der Waals surface area contributed by atoms with Crippen molar-refractivity contribution in [2.45, 2.75) is 25.1 Å². The number of piperidine rings is 1. The number of rotatable bonds is 3. The lowest BCUT2D eigenvalue weighted by Crippen LogP contribution is -2.58. The molecule has 1 fully saturated rings. The normalized spacial score (nSPS) is 17.8. The van der Waals surface area contributed by atoms with Crippen LogP contribution in [0.15, 0.2) is 97.2 Å². The Balaban J connectivity index is 1.20. The summed E-state index contributed by atoms with van der Waals surface area (Å²) >= 11 is 0. The van der Waals surface area contributed by atoms with Crippen LogP contribution in [0.4, 0.5) is 4.39 Å². The number of carbonyl (C=O) groups is 3. The Hall–Kier alpha value is -6.17. The summed E-state index contributed by atoms with van der Waals surface area (Å²) in [6, 6.07) is 24.9. The molecule has 0 unspecified atom stereocenters. The summed E-state index contributed by atoms with van der Waals surface area (Å²) < 4.78 is 33.0. The largest absolute Gasteiger partial charge is 0.496 e. The van der Waals surface area contributed by atoms with E-state index in [1.54, 1.807) is 71.8 Å². The van der Waals surface area contributed by atoms with E-state index in [2.05, 4.69) is 20.8 Å². The monoisotopic (exact) mass is 675 g/mol. The number of methoxy groups -OCH3 is 1. The van der Waals surface area contributed by atoms with E-state index >= 15 is 4.39 Å². The molecule has 0 aliphatic carbocycles. The Kier molecular flexibility index (Phi) is 9.15. The minimum absolute atomic E-state index is 0.124. The van der Waals surface area contributed by atoms with E-state index in [-0.39, 0.29) is 37.1 Å². The summed E-state index contributed by atoms with van der Waals surface area (Å²) in [5.41, 5.74) is 4.03. The second kappa shape index (κ2) is 14.1. The molecule has 5 aromatic rings. The Labute approximate surface area is 287 Å². The third kappa shape index (κ3) is 7.00. The SMILES string of the molecule is COc1cc2ccc1CNC(=O)COc1cccc(c1)-c1ccc(F)c(c1)C(=O)N[C@@H]1CN(C(=O)c3ccc(-c4ccn[nH]4)cc3)CC[C@@H]1O2. The lowest BCUT2D eigenvalue weighted by atomic mass is 9.98. The Morgan fingerprint density at radius 3 is 2.56 bits per heavy atom. The van der Waals surface area contributed by atoms with Gasteiger partial charge in [-0.25, -0.2) is 4.39 Å². The summed E-state index contributed by atoms with van der Waals surface area (Å²) in [6.07, 6.45) is 1.48. The fourth-order valence-corrected chi connectivity index (χ4v) is 6.19. The zero-order chi connectivity index (χ0) is 34.6. The molecule has 1 aromatic heterocycles. The fourth-order valence-electron chi connectivity index (χ4n) is 6.19. The van der Waals surface area contributed by atoms with Crippen molar-refractivity contribution in [1.29, 1.82) is 0 Å². The van der Waals surface area contributed by atoms with Gasteiger partial charge in [-0.2, -0.15) is 5.10 Å². The van der Waals surface area contributed by atoms with Crippen LogP contribution < -0.4 is 24.8 Å². The van der Waals surface area contributed by atoms with Crippen LogP contribution in [-0.2, 0) is 11.3 Å². The van der Waals surface area contributed by atoms with Gasteiger partial charge in [-0.15, -0.1) is 0 Å². The highest BCUT2D eigenvalue weighted by Gasteiger charge is 2.35. The maximum absolute atomic E-state index is 15.3. The second-order valence-electron chi connectivity index (χ2n) is 12.1. The minimum atomic E-state index is -0.698. The average Bonchev–Trinajstić information content (AvgIpc) is 3.69. The Bertz CT molecular complexity index is 2030. The third-order valence-corrected chi connectivity index (χ3v) is 8.87. The van der Waals surface area contributed by atoms with Gasteiger partial charge < -0.3 is 29.7 Å². The van der Waals surface area contributed by atoms with Crippen molar-refractivity contribution in [2.75, 3.05) is 26.8 Å². The van der Waals surface area contributed by atoms with E-state index in [4.69, 9.17) is 14.2 Å². The standard InChI is InChI=1S/C38H34FN5O6/c1-48-35-19-29-11-9-27(35)20-40-36(45)22-49-28-4-2-3-25(17-28)26-10-12-31(39)30(18-26)37(46)42-33-21-44(16-14-34(33)50-29)38(47)24-7-5-23(6-8-24)32-13-15-41-43-32/h2-13,15,17-19,33-34H,14,16,20-22H2,1H3,(H,40,45)(H,41,43)(H,42,46)/t33-,34+/m1/s1. The molecule has 3 N–H and O–H groups in total. The van der Waals surface area contributed by atoms with Crippen molar-refractivity contribution in [1.82, 2.24) is 25.7 Å². The lowest BCUT2D eigenvalue weighted by molar-refractivity contribution is -0.123. The number of aromatic nitrogens is 2. The summed E-state index contributed by atoms with van der Waals surface area (Å²) in [7, 11) is 1.52. The predicted octanol–water partition coefficient (Wildman–Crippen LogP) is 4.99. The van der Waals surface area contributed by atoms with E-state index < -0.39 is 23.9 Å². The van der Waals surface area contributed by atoms with Crippen molar-refractivity contribution in [3.63, 3.8) is 0 Å². The van der Waals surface area contributed by atoms with Crippen LogP contribution in [-0.4, -0.2) is 71.8 Å². The van der Waals surface area contributed by atoms with Gasteiger partial charge in [0.1, 0.15) is 29.2 Å². The third-order valence-electron chi connectivity index (χ3n) is 8.87. The molecule has 3 aliphatic heterocycles. The van der Waals surface area contributed by atoms with Crippen LogP contribution in [0.1, 0.15) is 32.7 Å². The zero-order valence-corrected chi connectivity index (χ0v) is 27.1. The number of benzene rings is 4. The molecule has 3 aliphatic rings. The van der Waals surface area contributed by atoms with E-state index in [9.17, 15) is 14.4 Å². The molecule has 6 bridgehead atoms. The van der Waals surface area contributed by atoms with Crippen LogP contribution in [0.2, 0.25) is 0 Å². The molecule has 254 valence electrons. The molecule has 3 amide bonds. The summed E-state index contributed by atoms with van der Waals surface area (Å²) in [6.45, 7) is 0.469. The highest BCUT2D eigenvalue weighted by Crippen LogP contribution is 2.30. The second-order valence-corrected chi connectivity index (χ2v) is 12.1. The van der Waals surface area contributed by atoms with Crippen molar-refractivity contribution in [3.8, 4) is 39.6 Å². The molecule has 1 saturated heterocycles. The Morgan fingerprint density at radius 1 is 0.940 bits per heavy atom. The molecule has 50 heavy (non-hydrogen) atoms. The van der Waals surface area contributed by atoms with E-state index in [1.807, 2.05) is 18.2 Å². The van der Waals surface area contributed by atoms with Crippen LogP contribution >= 0.6 is 0 Å². The first-order chi connectivity index (χ1) is 24.3. The minimum Gasteiger partial charge on any atom is -0.496 e. The number of nitrogens with one attached hydrogen (secondary N) is 3. The molecule has 12 heteroatoms. The predicted molar refractivity (Wildman–Crippen MR) is 182 cm³/mol. The molecular formula is C38H34FN5O6. The number of halogens is 1. The number of H-pyrrole nitrogens is 1. The number of fused-ring (bicyclic) bond motifs is 7. The number of hydrogen-bond acceptors (Lipinski definition) is 7. The lowest BCUT2D eigenvalue weighted by Gasteiger charge is -2.39. The molecule has 2 atom stereocenters. The molecule has 4 heterocycles. The number of amides is 3.